The van der Waals surface area contributed by atoms with E-state index < -0.39 is 47.9 Å². The number of carboxylic acids is 1. The molecule has 0 aliphatic rings. The highest BCUT2D eigenvalue weighted by molar-refractivity contribution is 5.94. The molecule has 0 heterocycles. The van der Waals surface area contributed by atoms with Crippen LogP contribution in [0.2, 0.25) is 0 Å². The van der Waals surface area contributed by atoms with Gasteiger partial charge in [0.25, 0.3) is 0 Å². The number of carbonyl (C=O) groups excluding carboxylic acids is 3. The lowest BCUT2D eigenvalue weighted by atomic mass is 9.95. The van der Waals surface area contributed by atoms with Gasteiger partial charge in [0, 0.05) is 0 Å². The van der Waals surface area contributed by atoms with Crippen LogP contribution in [-0.4, -0.2) is 59.5 Å². The summed E-state index contributed by atoms with van der Waals surface area (Å²) in [7, 11) is 0. The molecule has 0 aromatic rings. The largest absolute Gasteiger partial charge is 0.480 e. The molecular weight excluding hydrogens is 438 g/mol. The monoisotopic (exact) mass is 485 g/mol. The van der Waals surface area contributed by atoms with Gasteiger partial charge >= 0.3 is 5.97 Å². The van der Waals surface area contributed by atoms with Gasteiger partial charge in [0.2, 0.25) is 17.7 Å². The zero-order valence-corrected chi connectivity index (χ0v) is 21.7. The molecule has 0 aromatic carbocycles. The summed E-state index contributed by atoms with van der Waals surface area (Å²) in [6, 6.07) is -3.61. The Morgan fingerprint density at radius 1 is 0.794 bits per heavy atom. The summed E-state index contributed by atoms with van der Waals surface area (Å²) in [5.74, 6) is -2.80. The van der Waals surface area contributed by atoms with Crippen LogP contribution in [0.15, 0.2) is 0 Å². The highest BCUT2D eigenvalue weighted by atomic mass is 16.4. The van der Waals surface area contributed by atoms with Crippen molar-refractivity contribution in [3.63, 3.8) is 0 Å². The van der Waals surface area contributed by atoms with Gasteiger partial charge in [0.15, 0.2) is 0 Å². The molecule has 0 spiro atoms. The standard InChI is InChI=1S/C24H47N5O5/c1-7-15(5)19(26)22(31)28-18(13-14(3)4)21(30)29-20(16(6)8-2)23(32)27-17(24(33)34)11-9-10-12-25/h14-20H,7-13,25-26H2,1-6H3,(H,27,32)(H,28,31)(H,29,30)(H,33,34). The van der Waals surface area contributed by atoms with Crippen LogP contribution in [-0.2, 0) is 19.2 Å². The summed E-state index contributed by atoms with van der Waals surface area (Å²) in [5, 5.41) is 17.5. The predicted octanol–water partition coefficient (Wildman–Crippen LogP) is 1.12. The van der Waals surface area contributed by atoms with Crippen LogP contribution in [0.1, 0.15) is 80.1 Å². The first kappa shape index (κ1) is 31.8. The smallest absolute Gasteiger partial charge is 0.326 e. The second kappa shape index (κ2) is 16.4. The van der Waals surface area contributed by atoms with Gasteiger partial charge in [-0.25, -0.2) is 4.79 Å². The maximum absolute atomic E-state index is 13.2. The van der Waals surface area contributed by atoms with Crippen molar-refractivity contribution in [1.82, 2.24) is 16.0 Å². The lowest BCUT2D eigenvalue weighted by Crippen LogP contribution is -2.59. The molecule has 0 rings (SSSR count). The van der Waals surface area contributed by atoms with Crippen molar-refractivity contribution < 1.29 is 24.3 Å². The fourth-order valence-corrected chi connectivity index (χ4v) is 3.45. The maximum Gasteiger partial charge on any atom is 0.326 e. The first-order chi connectivity index (χ1) is 15.9. The molecule has 0 aromatic heterocycles. The van der Waals surface area contributed by atoms with Crippen LogP contribution in [0.25, 0.3) is 0 Å². The molecule has 0 saturated heterocycles. The van der Waals surface area contributed by atoms with E-state index in [0.717, 1.165) is 6.42 Å². The zero-order chi connectivity index (χ0) is 26.4. The number of hydrogen-bond donors (Lipinski definition) is 6. The Bertz CT molecular complexity index is 658. The summed E-state index contributed by atoms with van der Waals surface area (Å²) in [6.07, 6.45) is 3.15. The number of carbonyl (C=O) groups is 4. The average molecular weight is 486 g/mol. The number of nitrogens with two attached hydrogens (primary N) is 2. The van der Waals surface area contributed by atoms with Gasteiger partial charge in [-0.05, 0) is 50.0 Å². The number of aliphatic carboxylic acids is 1. The molecule has 10 heteroatoms. The van der Waals surface area contributed by atoms with Gasteiger partial charge in [-0.3, -0.25) is 14.4 Å². The Kier molecular flexibility index (Phi) is 15.4. The van der Waals surface area contributed by atoms with Crippen LogP contribution >= 0.6 is 0 Å². The van der Waals surface area contributed by atoms with Gasteiger partial charge in [0.05, 0.1) is 6.04 Å². The van der Waals surface area contributed by atoms with E-state index in [4.69, 9.17) is 11.5 Å². The van der Waals surface area contributed by atoms with E-state index in [1.54, 1.807) is 0 Å². The van der Waals surface area contributed by atoms with Gasteiger partial charge < -0.3 is 32.5 Å². The molecule has 0 fully saturated rings. The van der Waals surface area contributed by atoms with Crippen LogP contribution in [0, 0.1) is 17.8 Å². The number of carboxylic acid groups (broad SMARTS) is 1. The molecule has 34 heavy (non-hydrogen) atoms. The Labute approximate surface area is 204 Å². The number of amides is 3. The minimum atomic E-state index is -1.14. The van der Waals surface area contributed by atoms with E-state index >= 15 is 0 Å². The van der Waals surface area contributed by atoms with Crippen molar-refractivity contribution in [2.75, 3.05) is 6.54 Å². The molecule has 198 valence electrons. The minimum Gasteiger partial charge on any atom is -0.480 e. The van der Waals surface area contributed by atoms with Crippen LogP contribution in [0.3, 0.4) is 0 Å². The average Bonchev–Trinajstić information content (AvgIpc) is 2.78. The Morgan fingerprint density at radius 3 is 1.82 bits per heavy atom. The predicted molar refractivity (Wildman–Crippen MR) is 133 cm³/mol. The third-order valence-electron chi connectivity index (χ3n) is 6.25. The molecule has 0 aliphatic heterocycles. The van der Waals surface area contributed by atoms with Crippen LogP contribution in [0.4, 0.5) is 0 Å². The van der Waals surface area contributed by atoms with Gasteiger partial charge in [-0.15, -0.1) is 0 Å². The summed E-state index contributed by atoms with van der Waals surface area (Å²) >= 11 is 0. The van der Waals surface area contributed by atoms with E-state index in [9.17, 15) is 24.3 Å². The van der Waals surface area contributed by atoms with Gasteiger partial charge in [-0.1, -0.05) is 54.4 Å². The quantitative estimate of drug-likeness (QED) is 0.167. The number of hydrogen-bond acceptors (Lipinski definition) is 6. The minimum absolute atomic E-state index is 0.0476. The number of nitrogens with one attached hydrogen (secondary N) is 3. The van der Waals surface area contributed by atoms with E-state index in [2.05, 4.69) is 16.0 Å². The van der Waals surface area contributed by atoms with Crippen LogP contribution < -0.4 is 27.4 Å². The van der Waals surface area contributed by atoms with Crippen LogP contribution in [0.5, 0.6) is 0 Å². The summed E-state index contributed by atoms with van der Waals surface area (Å²) in [5.41, 5.74) is 11.5. The summed E-state index contributed by atoms with van der Waals surface area (Å²) in [6.45, 7) is 11.8. The molecule has 0 saturated carbocycles. The zero-order valence-electron chi connectivity index (χ0n) is 21.7. The summed E-state index contributed by atoms with van der Waals surface area (Å²) < 4.78 is 0. The molecule has 6 atom stereocenters. The molecule has 0 aliphatic carbocycles. The first-order valence-electron chi connectivity index (χ1n) is 12.5. The van der Waals surface area contributed by atoms with Crippen molar-refractivity contribution in [3.8, 4) is 0 Å². The maximum atomic E-state index is 13.2. The second-order valence-electron chi connectivity index (χ2n) is 9.66. The first-order valence-corrected chi connectivity index (χ1v) is 12.5. The third-order valence-corrected chi connectivity index (χ3v) is 6.25. The van der Waals surface area contributed by atoms with Gasteiger partial charge in [0.1, 0.15) is 18.1 Å². The van der Waals surface area contributed by atoms with E-state index in [1.165, 1.54) is 0 Å². The van der Waals surface area contributed by atoms with E-state index in [0.29, 0.717) is 32.2 Å². The highest BCUT2D eigenvalue weighted by Gasteiger charge is 2.33. The highest BCUT2D eigenvalue weighted by Crippen LogP contribution is 2.13. The molecular formula is C24H47N5O5. The topological polar surface area (TPSA) is 177 Å². The number of unbranched alkanes of at least 4 members (excludes halogenated alkanes) is 1. The second-order valence-corrected chi connectivity index (χ2v) is 9.66. The molecule has 6 unspecified atom stereocenters. The Hall–Kier alpha value is -2.20. The van der Waals surface area contributed by atoms with Gasteiger partial charge in [-0.2, -0.15) is 0 Å². The van der Waals surface area contributed by atoms with E-state index in [1.807, 2.05) is 41.5 Å². The fourth-order valence-electron chi connectivity index (χ4n) is 3.45. The van der Waals surface area contributed by atoms with Crippen molar-refractivity contribution in [3.05, 3.63) is 0 Å². The molecule has 0 bridgehead atoms. The fraction of sp³-hybridized carbons (Fsp3) is 0.833. The molecule has 10 nitrogen and oxygen atoms in total. The molecule has 0 radical (unpaired) electrons. The van der Waals surface area contributed by atoms with Crippen molar-refractivity contribution in [1.29, 1.82) is 0 Å². The SMILES string of the molecule is CCC(C)C(N)C(=O)NC(CC(C)C)C(=O)NC(C(=O)NC(CCCCN)C(=O)O)C(C)CC. The Morgan fingerprint density at radius 2 is 1.35 bits per heavy atom. The molecule has 3 amide bonds. The van der Waals surface area contributed by atoms with Crippen molar-refractivity contribution >= 4 is 23.7 Å². The van der Waals surface area contributed by atoms with Crippen molar-refractivity contribution in [2.24, 2.45) is 29.2 Å². The lowest BCUT2D eigenvalue weighted by Gasteiger charge is -2.29. The molecule has 8 N–H and O–H groups in total. The number of rotatable bonds is 17. The lowest BCUT2D eigenvalue weighted by molar-refractivity contribution is -0.143. The Balaban J connectivity index is 5.54. The van der Waals surface area contributed by atoms with E-state index in [-0.39, 0.29) is 24.2 Å². The van der Waals surface area contributed by atoms with Crippen molar-refractivity contribution in [2.45, 2.75) is 104 Å². The third kappa shape index (κ3) is 11.3. The normalized spacial score (nSPS) is 16.6. The summed E-state index contributed by atoms with van der Waals surface area (Å²) in [4.78, 5) is 50.4.